The fourth-order valence-electron chi connectivity index (χ4n) is 11.7. The molecule has 6 unspecified atom stereocenters. The molecular formula is C56H68N4O10. The predicted octanol–water partition coefficient (Wildman–Crippen LogP) is 10.7. The largest absolute Gasteiger partial charge is 0.459 e. The highest BCUT2D eigenvalue weighted by molar-refractivity contribution is 6.03. The number of amides is 2. The Bertz CT molecular complexity index is 2520. The van der Waals surface area contributed by atoms with Crippen molar-refractivity contribution in [2.75, 3.05) is 26.4 Å². The summed E-state index contributed by atoms with van der Waals surface area (Å²) in [7, 11) is 0. The highest BCUT2D eigenvalue weighted by Gasteiger charge is 2.65. The van der Waals surface area contributed by atoms with E-state index in [0.717, 1.165) is 72.4 Å². The molecule has 0 spiro atoms. The Kier molecular flexibility index (Phi) is 17.0. The van der Waals surface area contributed by atoms with Crippen molar-refractivity contribution in [3.63, 3.8) is 0 Å². The molecule has 1 heterocycles. The van der Waals surface area contributed by atoms with Gasteiger partial charge in [-0.15, -0.1) is 6.58 Å². The molecule has 372 valence electrons. The Labute approximate surface area is 410 Å². The summed E-state index contributed by atoms with van der Waals surface area (Å²) < 4.78 is 20.6. The molecule has 4 aromatic carbocycles. The van der Waals surface area contributed by atoms with Gasteiger partial charge < -0.3 is 39.5 Å². The lowest BCUT2D eigenvalue weighted by Crippen LogP contribution is -2.70. The fourth-order valence-corrected chi connectivity index (χ4v) is 11.7. The number of allylic oxidation sites excluding steroid dienone is 1. The van der Waals surface area contributed by atoms with Crippen LogP contribution in [0.4, 0.5) is 10.5 Å². The number of rotatable bonds is 23. The van der Waals surface area contributed by atoms with Crippen LogP contribution >= 0.6 is 0 Å². The number of fused-ring (bicyclic) bond motifs is 3. The summed E-state index contributed by atoms with van der Waals surface area (Å²) in [5.41, 5.74) is 3.98. The second kappa shape index (κ2) is 23.7. The fraction of sp³-hybridized carbons (Fsp3) is 0.482. The van der Waals surface area contributed by atoms with Crippen LogP contribution in [0, 0.1) is 33.8 Å². The van der Waals surface area contributed by atoms with Crippen LogP contribution < -0.4 is 14.8 Å². The Morgan fingerprint density at radius 3 is 2.47 bits per heavy atom. The van der Waals surface area contributed by atoms with Crippen LogP contribution in [0.5, 0.6) is 11.5 Å². The van der Waals surface area contributed by atoms with Crippen LogP contribution in [0.3, 0.4) is 0 Å². The molecule has 0 saturated heterocycles. The van der Waals surface area contributed by atoms with Gasteiger partial charge in [0.2, 0.25) is 11.7 Å². The van der Waals surface area contributed by atoms with Crippen LogP contribution in [-0.2, 0) is 27.5 Å². The van der Waals surface area contributed by atoms with E-state index in [4.69, 9.17) is 24.2 Å². The number of benzene rings is 4. The molecule has 3 N–H and O–H groups in total. The Morgan fingerprint density at radius 2 is 1.73 bits per heavy atom. The van der Waals surface area contributed by atoms with Crippen molar-refractivity contribution in [3.05, 3.63) is 136 Å². The van der Waals surface area contributed by atoms with Gasteiger partial charge in [-0.3, -0.25) is 14.9 Å². The van der Waals surface area contributed by atoms with Gasteiger partial charge in [-0.1, -0.05) is 98.3 Å². The third-order valence-electron chi connectivity index (χ3n) is 14.9. The number of nitro benzene ring substituents is 1. The first-order valence-corrected chi connectivity index (χ1v) is 25.3. The lowest BCUT2D eigenvalue weighted by Gasteiger charge is -2.60. The number of unbranched alkanes of at least 4 members (excludes halogenated alkanes) is 2. The van der Waals surface area contributed by atoms with Gasteiger partial charge in [0.25, 0.3) is 5.69 Å². The number of nitro groups is 1. The molecule has 4 aromatic rings. The van der Waals surface area contributed by atoms with Crippen LogP contribution in [-0.4, -0.2) is 75.9 Å². The van der Waals surface area contributed by atoms with Crippen LogP contribution in [0.15, 0.2) is 114 Å². The van der Waals surface area contributed by atoms with Crippen LogP contribution in [0.1, 0.15) is 113 Å². The third-order valence-corrected chi connectivity index (χ3v) is 14.9. The molecule has 8 rings (SSSR count). The first-order valence-electron chi connectivity index (χ1n) is 25.3. The average Bonchev–Trinajstić information content (AvgIpc) is 3.90. The standard InChI is InChI=1S/C56H68N4O10/c1-3-32-67-56-51(59(52(63)29-24-38-14-5-6-15-38)36-42-19-13-18-40-16-7-8-20-45(40)42)35-49(58-68-37-39-22-25-43(26-23-39)60(65)66)47-33-41(17-9-11-30-61)46(21-10-12-31-62)53(54(47)56)48-34-44(27-28-50(48)70-56)69-55(64)57-4-2/h3,7-8,13,16,18-20,22-23,25-28,33-34,38,41,46,51,53-54,61-62H,1,4-6,9-12,14-15,17,21,24,29-32,35-37H2,2H3,(H,57,64). The SMILES string of the molecule is C=CCOC12Oc3ccc(OC(=O)NCC)cc3C3C(CCCCO)C(CCCCO)C=C(C(=NOCc4ccc([N+](=O)[O-])cc4)CC1N(Cc1cccc4ccccc14)C(=O)CCC1CCCC1)C32. The smallest absolute Gasteiger partial charge is 0.412 e. The molecule has 2 fully saturated rings. The van der Waals surface area contributed by atoms with Crippen molar-refractivity contribution in [2.45, 2.75) is 121 Å². The number of aliphatic hydroxyl groups excluding tert-OH is 2. The number of hydrogen-bond acceptors (Lipinski definition) is 11. The van der Waals surface area contributed by atoms with Gasteiger partial charge in [0.15, 0.2) is 0 Å². The Balaban J connectivity index is 1.34. The van der Waals surface area contributed by atoms with Crippen molar-refractivity contribution in [2.24, 2.45) is 28.8 Å². The highest BCUT2D eigenvalue weighted by atomic mass is 16.7. The minimum atomic E-state index is -1.49. The second-order valence-electron chi connectivity index (χ2n) is 19.2. The van der Waals surface area contributed by atoms with Crippen molar-refractivity contribution in [3.8, 4) is 11.5 Å². The zero-order valence-corrected chi connectivity index (χ0v) is 40.3. The van der Waals surface area contributed by atoms with Crippen LogP contribution in [0.2, 0.25) is 0 Å². The van der Waals surface area contributed by atoms with Gasteiger partial charge in [-0.2, -0.15) is 0 Å². The number of oxime groups is 1. The zero-order chi connectivity index (χ0) is 49.0. The monoisotopic (exact) mass is 956 g/mol. The first-order chi connectivity index (χ1) is 34.2. The molecule has 0 aromatic heterocycles. The predicted molar refractivity (Wildman–Crippen MR) is 268 cm³/mol. The molecular weight excluding hydrogens is 889 g/mol. The maximum atomic E-state index is 15.5. The molecule has 4 aliphatic rings. The number of aliphatic hydroxyl groups is 2. The van der Waals surface area contributed by atoms with E-state index in [1.54, 1.807) is 24.3 Å². The molecule has 1 aliphatic heterocycles. The van der Waals surface area contributed by atoms with E-state index in [9.17, 15) is 25.1 Å². The Hall–Kier alpha value is -6.09. The maximum absolute atomic E-state index is 15.5. The van der Waals surface area contributed by atoms with Gasteiger partial charge in [0.1, 0.15) is 24.1 Å². The Morgan fingerprint density at radius 1 is 0.971 bits per heavy atom. The lowest BCUT2D eigenvalue weighted by atomic mass is 9.55. The van der Waals surface area contributed by atoms with Crippen LogP contribution in [0.25, 0.3) is 10.8 Å². The van der Waals surface area contributed by atoms with E-state index in [1.807, 2.05) is 42.2 Å². The number of non-ortho nitro benzene ring substituents is 1. The van der Waals surface area contributed by atoms with Crippen molar-refractivity contribution in [1.29, 1.82) is 0 Å². The summed E-state index contributed by atoms with van der Waals surface area (Å²) in [6.07, 6.45) is 13.5. The van der Waals surface area contributed by atoms with E-state index in [2.05, 4.69) is 42.2 Å². The normalized spacial score (nSPS) is 23.2. The summed E-state index contributed by atoms with van der Waals surface area (Å²) >= 11 is 0. The molecule has 2 amide bonds. The summed E-state index contributed by atoms with van der Waals surface area (Å²) in [5, 5.41) is 41.4. The van der Waals surface area contributed by atoms with Gasteiger partial charge in [-0.25, -0.2) is 4.79 Å². The van der Waals surface area contributed by atoms with Gasteiger partial charge in [-0.05, 0) is 115 Å². The molecule has 3 aliphatic carbocycles. The molecule has 0 radical (unpaired) electrons. The van der Waals surface area contributed by atoms with Crippen molar-refractivity contribution < 1.29 is 43.8 Å². The number of ether oxygens (including phenoxy) is 3. The number of carbonyl (C=O) groups is 2. The van der Waals surface area contributed by atoms with Gasteiger partial charge in [0, 0.05) is 62.8 Å². The summed E-state index contributed by atoms with van der Waals surface area (Å²) in [6.45, 7) is 6.83. The van der Waals surface area contributed by atoms with E-state index >= 15 is 4.79 Å². The topological polar surface area (TPSA) is 182 Å². The van der Waals surface area contributed by atoms with E-state index in [0.29, 0.717) is 54.5 Å². The summed E-state index contributed by atoms with van der Waals surface area (Å²) in [5.74, 6) is -1.10. The van der Waals surface area contributed by atoms with E-state index in [-0.39, 0.29) is 68.7 Å². The molecule has 14 heteroatoms. The van der Waals surface area contributed by atoms with Crippen molar-refractivity contribution in [1.82, 2.24) is 10.2 Å². The number of nitrogens with one attached hydrogen (secondary N) is 1. The zero-order valence-electron chi connectivity index (χ0n) is 40.3. The second-order valence-corrected chi connectivity index (χ2v) is 19.2. The van der Waals surface area contributed by atoms with E-state index < -0.39 is 28.8 Å². The van der Waals surface area contributed by atoms with E-state index in [1.165, 1.54) is 25.0 Å². The summed E-state index contributed by atoms with van der Waals surface area (Å²) in [4.78, 5) is 47.7. The highest BCUT2D eigenvalue weighted by Crippen LogP contribution is 2.62. The molecule has 14 nitrogen and oxygen atoms in total. The van der Waals surface area contributed by atoms with Crippen molar-refractivity contribution >= 4 is 34.2 Å². The molecule has 6 atom stereocenters. The number of carbonyl (C=O) groups excluding carboxylic acids is 2. The quantitative estimate of drug-likeness (QED) is 0.0280. The minimum Gasteiger partial charge on any atom is -0.459 e. The summed E-state index contributed by atoms with van der Waals surface area (Å²) in [6, 6.07) is 25.3. The number of nitrogens with zero attached hydrogens (tertiary/aromatic N) is 3. The molecule has 0 bridgehead atoms. The first kappa shape index (κ1) is 50.3. The molecule has 2 saturated carbocycles. The number of hydrogen-bond donors (Lipinski definition) is 3. The maximum Gasteiger partial charge on any atom is 0.412 e. The average molecular weight is 957 g/mol. The lowest BCUT2D eigenvalue weighted by molar-refractivity contribution is -0.384. The minimum absolute atomic E-state index is 0.0150. The molecule has 70 heavy (non-hydrogen) atoms. The van der Waals surface area contributed by atoms with Gasteiger partial charge in [0.05, 0.1) is 23.2 Å². The third kappa shape index (κ3) is 11.2. The van der Waals surface area contributed by atoms with Gasteiger partial charge >= 0.3 is 6.09 Å².